The molecule has 0 N–H and O–H groups in total. The largest absolute Gasteiger partial charge is 0.249 e. The van der Waals surface area contributed by atoms with Crippen LogP contribution < -0.4 is 0 Å². The Hall–Kier alpha value is -0.370. The van der Waals surface area contributed by atoms with Gasteiger partial charge in [-0.05, 0) is 33.5 Å². The van der Waals surface area contributed by atoms with Gasteiger partial charge in [0.05, 0.1) is 0 Å². The van der Waals surface area contributed by atoms with Crippen molar-refractivity contribution in [2.45, 2.75) is 33.6 Å². The summed E-state index contributed by atoms with van der Waals surface area (Å²) in [7, 11) is 0. The normalized spacial score (nSPS) is 9.17. The molecule has 1 heterocycles. The number of hydrogen-bond donors (Lipinski definition) is 0. The van der Waals surface area contributed by atoms with Crippen molar-refractivity contribution in [1.82, 2.24) is 4.98 Å². The molecule has 0 saturated heterocycles. The molecule has 0 bridgehead atoms. The first-order chi connectivity index (χ1) is 5.70. The molecule has 0 atom stereocenters. The predicted octanol–water partition coefficient (Wildman–Crippen LogP) is 3.99. The van der Waals surface area contributed by atoms with Crippen molar-refractivity contribution in [1.29, 1.82) is 0 Å². The molecule has 2 heteroatoms. The van der Waals surface area contributed by atoms with Crippen LogP contribution in [-0.4, -0.2) is 4.98 Å². The van der Waals surface area contributed by atoms with E-state index in [1.165, 1.54) is 5.56 Å². The van der Waals surface area contributed by atoms with E-state index in [-0.39, 0.29) is 0 Å². The van der Waals surface area contributed by atoms with E-state index in [0.717, 1.165) is 4.60 Å². The average Bonchev–Trinajstić information content (AvgIpc) is 2.09. The van der Waals surface area contributed by atoms with Crippen LogP contribution in [0.25, 0.3) is 0 Å². The Bertz CT molecular complexity index is 204. The highest BCUT2D eigenvalue weighted by Crippen LogP contribution is 2.14. The van der Waals surface area contributed by atoms with Gasteiger partial charge in [-0.3, -0.25) is 0 Å². The van der Waals surface area contributed by atoms with Crippen LogP contribution in [0.5, 0.6) is 0 Å². The summed E-state index contributed by atoms with van der Waals surface area (Å²) in [6.07, 6.45) is 1.90. The highest BCUT2D eigenvalue weighted by molar-refractivity contribution is 9.10. The van der Waals surface area contributed by atoms with Crippen molar-refractivity contribution in [2.75, 3.05) is 0 Å². The topological polar surface area (TPSA) is 12.9 Å². The van der Waals surface area contributed by atoms with E-state index in [2.05, 4.69) is 40.8 Å². The van der Waals surface area contributed by atoms with Gasteiger partial charge < -0.3 is 0 Å². The summed E-state index contributed by atoms with van der Waals surface area (Å²) in [5.41, 5.74) is 1.28. The number of rotatable bonds is 1. The number of halogens is 1. The van der Waals surface area contributed by atoms with E-state index >= 15 is 0 Å². The first kappa shape index (κ1) is 11.6. The van der Waals surface area contributed by atoms with E-state index < -0.39 is 0 Å². The zero-order valence-electron chi connectivity index (χ0n) is 8.13. The molecule has 0 radical (unpaired) electrons. The molecule has 1 aromatic rings. The molecular weight excluding hydrogens is 214 g/mol. The summed E-state index contributed by atoms with van der Waals surface area (Å²) in [4.78, 5) is 4.12. The van der Waals surface area contributed by atoms with Gasteiger partial charge in [-0.15, -0.1) is 0 Å². The first-order valence-corrected chi connectivity index (χ1v) is 5.11. The molecule has 0 fully saturated rings. The van der Waals surface area contributed by atoms with Gasteiger partial charge >= 0.3 is 0 Å². The van der Waals surface area contributed by atoms with E-state index in [4.69, 9.17) is 0 Å². The van der Waals surface area contributed by atoms with Gasteiger partial charge in [0.25, 0.3) is 0 Å². The number of aromatic nitrogens is 1. The maximum atomic E-state index is 4.12. The van der Waals surface area contributed by atoms with Crippen molar-refractivity contribution in [3.05, 3.63) is 28.5 Å². The van der Waals surface area contributed by atoms with Crippen molar-refractivity contribution >= 4 is 15.9 Å². The lowest BCUT2D eigenvalue weighted by Crippen LogP contribution is -1.87. The number of nitrogens with zero attached hydrogens (tertiary/aromatic N) is 1. The SMILES string of the molecule is CC.CC(C)c1ccc(Br)nc1. The lowest BCUT2D eigenvalue weighted by atomic mass is 10.1. The van der Waals surface area contributed by atoms with Gasteiger partial charge in [0.15, 0.2) is 0 Å². The maximum absolute atomic E-state index is 4.12. The predicted molar refractivity (Wildman–Crippen MR) is 57.4 cm³/mol. The van der Waals surface area contributed by atoms with E-state index in [1.54, 1.807) is 0 Å². The van der Waals surface area contributed by atoms with Gasteiger partial charge in [-0.2, -0.15) is 0 Å². The second-order valence-corrected chi connectivity index (χ2v) is 3.38. The van der Waals surface area contributed by atoms with Crippen molar-refractivity contribution in [3.63, 3.8) is 0 Å². The van der Waals surface area contributed by atoms with Gasteiger partial charge in [0, 0.05) is 6.20 Å². The van der Waals surface area contributed by atoms with Gasteiger partial charge in [0.1, 0.15) is 4.60 Å². The van der Waals surface area contributed by atoms with Gasteiger partial charge in [-0.1, -0.05) is 33.8 Å². The molecule has 1 rings (SSSR count). The van der Waals surface area contributed by atoms with E-state index in [9.17, 15) is 0 Å². The lowest BCUT2D eigenvalue weighted by Gasteiger charge is -2.02. The Labute approximate surface area is 83.3 Å². The summed E-state index contributed by atoms with van der Waals surface area (Å²) in [6.45, 7) is 8.32. The molecule has 0 aliphatic carbocycles. The third-order valence-electron chi connectivity index (χ3n) is 1.42. The van der Waals surface area contributed by atoms with Crippen LogP contribution >= 0.6 is 15.9 Å². The Balaban J connectivity index is 0.000000561. The molecule has 0 aliphatic heterocycles. The van der Waals surface area contributed by atoms with Crippen LogP contribution in [0.1, 0.15) is 39.2 Å². The minimum atomic E-state index is 0.570. The quantitative estimate of drug-likeness (QED) is 0.664. The van der Waals surface area contributed by atoms with E-state index in [0.29, 0.717) is 5.92 Å². The standard InChI is InChI=1S/C8H10BrN.C2H6/c1-6(2)7-3-4-8(9)10-5-7;1-2/h3-6H,1-2H3;1-2H3. The van der Waals surface area contributed by atoms with Crippen molar-refractivity contribution in [2.24, 2.45) is 0 Å². The molecule has 12 heavy (non-hydrogen) atoms. The fourth-order valence-electron chi connectivity index (χ4n) is 0.729. The minimum Gasteiger partial charge on any atom is -0.249 e. The van der Waals surface area contributed by atoms with Crippen LogP contribution in [-0.2, 0) is 0 Å². The smallest absolute Gasteiger partial charge is 0.106 e. The highest BCUT2D eigenvalue weighted by Gasteiger charge is 1.96. The summed E-state index contributed by atoms with van der Waals surface area (Å²) in [5, 5.41) is 0. The molecule has 0 aromatic carbocycles. The second-order valence-electron chi connectivity index (χ2n) is 2.57. The van der Waals surface area contributed by atoms with Crippen LogP contribution in [0.2, 0.25) is 0 Å². The Morgan fingerprint density at radius 1 is 1.25 bits per heavy atom. The zero-order valence-corrected chi connectivity index (χ0v) is 9.72. The minimum absolute atomic E-state index is 0.570. The van der Waals surface area contributed by atoms with Crippen LogP contribution in [0, 0.1) is 0 Å². The lowest BCUT2D eigenvalue weighted by molar-refractivity contribution is 0.856. The fraction of sp³-hybridized carbons (Fsp3) is 0.500. The molecule has 1 aromatic heterocycles. The average molecular weight is 230 g/mol. The van der Waals surface area contributed by atoms with Gasteiger partial charge in [-0.25, -0.2) is 4.98 Å². The Morgan fingerprint density at radius 3 is 2.17 bits per heavy atom. The van der Waals surface area contributed by atoms with Crippen molar-refractivity contribution in [3.8, 4) is 0 Å². The fourth-order valence-corrected chi connectivity index (χ4v) is 0.963. The first-order valence-electron chi connectivity index (χ1n) is 4.31. The molecule has 1 nitrogen and oxygen atoms in total. The molecule has 68 valence electrons. The number of hydrogen-bond acceptors (Lipinski definition) is 1. The van der Waals surface area contributed by atoms with Crippen LogP contribution in [0.15, 0.2) is 22.9 Å². The van der Waals surface area contributed by atoms with Gasteiger partial charge in [0.2, 0.25) is 0 Å². The highest BCUT2D eigenvalue weighted by atomic mass is 79.9. The van der Waals surface area contributed by atoms with Crippen LogP contribution in [0.4, 0.5) is 0 Å². The molecule has 0 unspecified atom stereocenters. The summed E-state index contributed by atoms with van der Waals surface area (Å²) < 4.78 is 0.900. The summed E-state index contributed by atoms with van der Waals surface area (Å²) >= 11 is 3.28. The molecule has 0 saturated carbocycles. The summed E-state index contributed by atoms with van der Waals surface area (Å²) in [5.74, 6) is 0.570. The molecule has 0 aliphatic rings. The Kier molecular flexibility index (Phi) is 5.99. The third-order valence-corrected chi connectivity index (χ3v) is 1.89. The monoisotopic (exact) mass is 229 g/mol. The Morgan fingerprint density at radius 2 is 1.83 bits per heavy atom. The third kappa shape index (κ3) is 3.86. The molecule has 0 spiro atoms. The van der Waals surface area contributed by atoms with E-state index in [1.807, 2.05) is 26.1 Å². The maximum Gasteiger partial charge on any atom is 0.106 e. The number of pyridine rings is 1. The zero-order chi connectivity index (χ0) is 9.56. The molecular formula is C10H16BrN. The second kappa shape index (κ2) is 6.18. The van der Waals surface area contributed by atoms with Crippen molar-refractivity contribution < 1.29 is 0 Å². The summed E-state index contributed by atoms with van der Waals surface area (Å²) in [6, 6.07) is 4.05. The molecule has 0 amide bonds. The van der Waals surface area contributed by atoms with Crippen LogP contribution in [0.3, 0.4) is 0 Å².